The molecule has 0 aromatic heterocycles. The average Bonchev–Trinajstić information content (AvgIpc) is 3.30. The summed E-state index contributed by atoms with van der Waals surface area (Å²) in [4.78, 5) is 25.7. The monoisotopic (exact) mass is 329 g/mol. The molecule has 1 aliphatic carbocycles. The van der Waals surface area contributed by atoms with E-state index in [0.717, 1.165) is 17.7 Å². The number of hydrogen-bond donors (Lipinski definition) is 0. The lowest BCUT2D eigenvalue weighted by atomic mass is 10.2. The van der Waals surface area contributed by atoms with Crippen molar-refractivity contribution >= 4 is 12.1 Å². The second-order valence-electron chi connectivity index (χ2n) is 5.50. The van der Waals surface area contributed by atoms with Gasteiger partial charge in [0.15, 0.2) is 0 Å². The van der Waals surface area contributed by atoms with Crippen LogP contribution >= 0.6 is 0 Å². The average molecular weight is 329 g/mol. The van der Waals surface area contributed by atoms with Gasteiger partial charge >= 0.3 is 12.1 Å². The van der Waals surface area contributed by atoms with Crippen LogP contribution < -0.4 is 0 Å². The number of amides is 1. The lowest BCUT2D eigenvalue weighted by Gasteiger charge is -2.16. The molecule has 24 heavy (non-hydrogen) atoms. The molecule has 0 radical (unpaired) electrons. The van der Waals surface area contributed by atoms with Crippen LogP contribution in [0.15, 0.2) is 53.5 Å². The molecular formula is C18H19NO5. The van der Waals surface area contributed by atoms with E-state index >= 15 is 0 Å². The summed E-state index contributed by atoms with van der Waals surface area (Å²) in [6.07, 6.45) is 2.20. The zero-order valence-electron chi connectivity index (χ0n) is 13.5. The minimum Gasteiger partial charge on any atom is -0.464 e. The van der Waals surface area contributed by atoms with Crippen LogP contribution in [0.3, 0.4) is 0 Å². The summed E-state index contributed by atoms with van der Waals surface area (Å²) in [5.74, 6) is 0.826. The van der Waals surface area contributed by atoms with Crippen LogP contribution in [0.5, 0.6) is 0 Å². The summed E-state index contributed by atoms with van der Waals surface area (Å²) >= 11 is 0. The van der Waals surface area contributed by atoms with Crippen LogP contribution in [0.4, 0.5) is 4.79 Å². The van der Waals surface area contributed by atoms with E-state index in [1.165, 1.54) is 4.90 Å². The van der Waals surface area contributed by atoms with Crippen LogP contribution in [0.2, 0.25) is 0 Å². The Bertz CT molecular complexity index is 693. The van der Waals surface area contributed by atoms with Gasteiger partial charge in [-0.1, -0.05) is 30.3 Å². The first-order valence-electron chi connectivity index (χ1n) is 7.89. The Morgan fingerprint density at radius 1 is 1.12 bits per heavy atom. The number of hydrogen-bond acceptors (Lipinski definition) is 5. The molecule has 0 bridgehead atoms. The Kier molecular flexibility index (Phi) is 4.84. The highest BCUT2D eigenvalue weighted by Gasteiger charge is 2.34. The fraction of sp³-hybridized carbons (Fsp3) is 0.333. The molecule has 1 aliphatic heterocycles. The number of ether oxygens (including phenoxy) is 3. The van der Waals surface area contributed by atoms with E-state index in [9.17, 15) is 9.59 Å². The van der Waals surface area contributed by atoms with Crippen molar-refractivity contribution in [2.24, 2.45) is 0 Å². The highest BCUT2D eigenvalue weighted by atomic mass is 16.6. The Morgan fingerprint density at radius 2 is 1.88 bits per heavy atom. The highest BCUT2D eigenvalue weighted by Crippen LogP contribution is 2.29. The van der Waals surface area contributed by atoms with Gasteiger partial charge in [0, 0.05) is 6.42 Å². The van der Waals surface area contributed by atoms with Crippen molar-refractivity contribution in [1.82, 2.24) is 4.90 Å². The number of esters is 1. The number of rotatable bonds is 6. The lowest BCUT2D eigenvalue weighted by molar-refractivity contribution is -0.138. The summed E-state index contributed by atoms with van der Waals surface area (Å²) in [7, 11) is 0. The summed E-state index contributed by atoms with van der Waals surface area (Å²) in [6.45, 7) is 2.54. The van der Waals surface area contributed by atoms with Gasteiger partial charge < -0.3 is 14.2 Å². The third kappa shape index (κ3) is 3.95. The Labute approximate surface area is 140 Å². The van der Waals surface area contributed by atoms with Crippen molar-refractivity contribution in [2.75, 3.05) is 19.7 Å². The van der Waals surface area contributed by atoms with E-state index in [4.69, 9.17) is 14.2 Å². The third-order valence-corrected chi connectivity index (χ3v) is 3.63. The van der Waals surface area contributed by atoms with E-state index in [1.54, 1.807) is 6.92 Å². The number of nitrogens with zero attached hydrogens (tertiary/aromatic N) is 1. The molecule has 0 spiro atoms. The van der Waals surface area contributed by atoms with Crippen molar-refractivity contribution in [3.8, 4) is 0 Å². The quantitative estimate of drug-likeness (QED) is 0.751. The Balaban J connectivity index is 1.60. The maximum absolute atomic E-state index is 12.2. The van der Waals surface area contributed by atoms with Crippen LogP contribution in [-0.2, 0) is 25.6 Å². The van der Waals surface area contributed by atoms with Crippen LogP contribution in [0.1, 0.15) is 18.9 Å². The van der Waals surface area contributed by atoms with E-state index in [2.05, 4.69) is 0 Å². The molecule has 6 nitrogen and oxygen atoms in total. The van der Waals surface area contributed by atoms with Crippen LogP contribution in [0, 0.1) is 0 Å². The van der Waals surface area contributed by atoms with E-state index in [0.29, 0.717) is 11.3 Å². The van der Waals surface area contributed by atoms with Gasteiger partial charge in [0.1, 0.15) is 18.1 Å². The summed E-state index contributed by atoms with van der Waals surface area (Å²) in [5, 5.41) is 0. The second-order valence-corrected chi connectivity index (χ2v) is 5.50. The van der Waals surface area contributed by atoms with Crippen molar-refractivity contribution in [2.45, 2.75) is 20.0 Å². The first-order valence-corrected chi connectivity index (χ1v) is 7.89. The van der Waals surface area contributed by atoms with Crippen LogP contribution in [0.25, 0.3) is 0 Å². The summed E-state index contributed by atoms with van der Waals surface area (Å²) in [6, 6.07) is 9.43. The molecule has 3 rings (SSSR count). The predicted octanol–water partition coefficient (Wildman–Crippen LogP) is 2.76. The fourth-order valence-corrected chi connectivity index (χ4v) is 2.32. The molecule has 1 heterocycles. The molecule has 2 aliphatic rings. The van der Waals surface area contributed by atoms with Gasteiger partial charge in [-0.25, -0.2) is 9.59 Å². The van der Waals surface area contributed by atoms with Crippen molar-refractivity contribution in [3.05, 3.63) is 59.1 Å². The highest BCUT2D eigenvalue weighted by molar-refractivity contribution is 5.91. The maximum Gasteiger partial charge on any atom is 0.410 e. The van der Waals surface area contributed by atoms with Gasteiger partial charge in [-0.2, -0.15) is 0 Å². The first kappa shape index (κ1) is 16.1. The number of allylic oxidation sites excluding steroid dienone is 2. The van der Waals surface area contributed by atoms with E-state index in [1.807, 2.05) is 36.4 Å². The van der Waals surface area contributed by atoms with Gasteiger partial charge in [-0.15, -0.1) is 0 Å². The van der Waals surface area contributed by atoms with E-state index in [-0.39, 0.29) is 26.3 Å². The topological polar surface area (TPSA) is 65.1 Å². The summed E-state index contributed by atoms with van der Waals surface area (Å²) in [5.41, 5.74) is 1.28. The molecule has 126 valence electrons. The second kappa shape index (κ2) is 7.21. The van der Waals surface area contributed by atoms with E-state index < -0.39 is 12.1 Å². The smallest absolute Gasteiger partial charge is 0.410 e. The van der Waals surface area contributed by atoms with Gasteiger partial charge in [0.25, 0.3) is 0 Å². The fourth-order valence-electron chi connectivity index (χ4n) is 2.32. The zero-order valence-corrected chi connectivity index (χ0v) is 13.5. The zero-order chi connectivity index (χ0) is 16.9. The van der Waals surface area contributed by atoms with Crippen LogP contribution in [-0.4, -0.2) is 36.7 Å². The predicted molar refractivity (Wildman–Crippen MR) is 85.6 cm³/mol. The Hall–Kier alpha value is -2.76. The molecule has 0 saturated heterocycles. The number of benzene rings is 1. The molecule has 0 saturated carbocycles. The van der Waals surface area contributed by atoms with Gasteiger partial charge in [-0.05, 0) is 18.6 Å². The SMILES string of the molecule is CCOC(=O)C1=C(OC2=CC2)CN(C(=O)OCc2ccccc2)C1. The normalized spacial score (nSPS) is 15.9. The molecular weight excluding hydrogens is 310 g/mol. The lowest BCUT2D eigenvalue weighted by Crippen LogP contribution is -2.31. The maximum atomic E-state index is 12.2. The largest absolute Gasteiger partial charge is 0.464 e. The van der Waals surface area contributed by atoms with Crippen molar-refractivity contribution in [1.29, 1.82) is 0 Å². The molecule has 0 unspecified atom stereocenters. The summed E-state index contributed by atoms with van der Waals surface area (Å²) < 4.78 is 16.0. The number of carbonyl (C=O) groups excluding carboxylic acids is 2. The van der Waals surface area contributed by atoms with Gasteiger partial charge in [0.2, 0.25) is 0 Å². The molecule has 0 N–H and O–H groups in total. The Morgan fingerprint density at radius 3 is 2.54 bits per heavy atom. The van der Waals surface area contributed by atoms with Crippen molar-refractivity contribution in [3.63, 3.8) is 0 Å². The molecule has 1 aromatic carbocycles. The van der Waals surface area contributed by atoms with Gasteiger partial charge in [-0.3, -0.25) is 4.90 Å². The van der Waals surface area contributed by atoms with Gasteiger partial charge in [0.05, 0.1) is 25.3 Å². The first-order chi connectivity index (χ1) is 11.7. The molecule has 1 aromatic rings. The molecule has 1 amide bonds. The minimum atomic E-state index is -0.482. The standard InChI is InChI=1S/C18H19NO5/c1-2-22-17(20)15-10-19(11-16(15)24-14-8-9-14)18(21)23-12-13-6-4-3-5-7-13/h3-8H,2,9-12H2,1H3. The molecule has 0 atom stereocenters. The number of carbonyl (C=O) groups is 2. The molecule has 0 fully saturated rings. The third-order valence-electron chi connectivity index (χ3n) is 3.63. The van der Waals surface area contributed by atoms with Crippen molar-refractivity contribution < 1.29 is 23.8 Å². The molecule has 6 heteroatoms. The minimum absolute atomic E-state index is 0.134.